The lowest BCUT2D eigenvalue weighted by Crippen LogP contribution is -2.21. The second kappa shape index (κ2) is 6.42. The fourth-order valence-electron chi connectivity index (χ4n) is 3.51. The maximum atomic E-state index is 12.6. The first-order chi connectivity index (χ1) is 13.7. The molecule has 6 heteroatoms. The Balaban J connectivity index is 1.49. The summed E-state index contributed by atoms with van der Waals surface area (Å²) in [5, 5.41) is 6.13. The van der Waals surface area contributed by atoms with Crippen LogP contribution in [-0.2, 0) is 13.6 Å². The molecular weight excluding hydrogens is 350 g/mol. The predicted molar refractivity (Wildman–Crippen MR) is 109 cm³/mol. The molecule has 0 atom stereocenters. The molecule has 0 unspecified atom stereocenters. The Labute approximate surface area is 160 Å². The van der Waals surface area contributed by atoms with Crippen molar-refractivity contribution in [3.05, 3.63) is 89.2 Å². The van der Waals surface area contributed by atoms with Gasteiger partial charge < -0.3 is 0 Å². The second-order valence-corrected chi connectivity index (χ2v) is 6.79. The lowest BCUT2D eigenvalue weighted by Gasteiger charge is -2.08. The predicted octanol–water partition coefficient (Wildman–Crippen LogP) is 3.39. The fourth-order valence-corrected chi connectivity index (χ4v) is 3.51. The van der Waals surface area contributed by atoms with Crippen molar-refractivity contribution in [1.82, 2.24) is 24.3 Å². The number of aromatic nitrogens is 5. The van der Waals surface area contributed by atoms with E-state index in [2.05, 4.69) is 33.3 Å². The van der Waals surface area contributed by atoms with Crippen molar-refractivity contribution in [3.8, 4) is 11.1 Å². The highest BCUT2D eigenvalue weighted by Crippen LogP contribution is 2.28. The monoisotopic (exact) mass is 367 g/mol. The van der Waals surface area contributed by atoms with Gasteiger partial charge in [-0.3, -0.25) is 14.0 Å². The van der Waals surface area contributed by atoms with Gasteiger partial charge in [-0.05, 0) is 34.9 Å². The zero-order chi connectivity index (χ0) is 19.1. The van der Waals surface area contributed by atoms with E-state index in [4.69, 9.17) is 0 Å². The Kier molecular flexibility index (Phi) is 3.76. The third-order valence-corrected chi connectivity index (χ3v) is 4.88. The molecule has 0 fully saturated rings. The van der Waals surface area contributed by atoms with Gasteiger partial charge in [0.25, 0.3) is 5.56 Å². The average molecular weight is 367 g/mol. The van der Waals surface area contributed by atoms with Crippen molar-refractivity contribution in [2.75, 3.05) is 0 Å². The highest BCUT2D eigenvalue weighted by molar-refractivity contribution is 5.94. The Bertz CT molecular complexity index is 1370. The van der Waals surface area contributed by atoms with Crippen molar-refractivity contribution in [2.24, 2.45) is 7.05 Å². The molecule has 0 radical (unpaired) electrons. The normalized spacial score (nSPS) is 11.3. The summed E-state index contributed by atoms with van der Waals surface area (Å²) in [6.45, 7) is 0.466. The van der Waals surface area contributed by atoms with Gasteiger partial charge in [-0.25, -0.2) is 9.97 Å². The molecule has 0 aliphatic carbocycles. The molecule has 0 saturated heterocycles. The summed E-state index contributed by atoms with van der Waals surface area (Å²) in [6, 6.07) is 17.9. The molecule has 0 spiro atoms. The lowest BCUT2D eigenvalue weighted by molar-refractivity contribution is 0.747. The number of hydrogen-bond acceptors (Lipinski definition) is 4. The van der Waals surface area contributed by atoms with Gasteiger partial charge in [0.05, 0.1) is 17.4 Å². The maximum absolute atomic E-state index is 12.6. The van der Waals surface area contributed by atoms with E-state index in [0.717, 1.165) is 27.6 Å². The number of benzene rings is 2. The SMILES string of the molecule is Cn1cc2c(-c3ccc(Cn4cnc5ncccc5c4=O)cc3)cccc2n1. The summed E-state index contributed by atoms with van der Waals surface area (Å²) in [7, 11) is 1.93. The highest BCUT2D eigenvalue weighted by atomic mass is 16.1. The molecule has 136 valence electrons. The molecule has 0 N–H and O–H groups in total. The van der Waals surface area contributed by atoms with E-state index in [1.165, 1.54) is 0 Å². The molecular formula is C22H17N5O. The van der Waals surface area contributed by atoms with E-state index in [0.29, 0.717) is 17.6 Å². The third kappa shape index (κ3) is 2.75. The molecule has 5 rings (SSSR count). The van der Waals surface area contributed by atoms with Crippen LogP contribution in [0, 0.1) is 0 Å². The first kappa shape index (κ1) is 16.4. The van der Waals surface area contributed by atoms with Crippen LogP contribution in [0.5, 0.6) is 0 Å². The third-order valence-electron chi connectivity index (χ3n) is 4.88. The molecule has 3 aromatic heterocycles. The number of aryl methyl sites for hydroxylation is 1. The molecule has 0 saturated carbocycles. The highest BCUT2D eigenvalue weighted by Gasteiger charge is 2.08. The zero-order valence-electron chi connectivity index (χ0n) is 15.3. The zero-order valence-corrected chi connectivity index (χ0v) is 15.3. The summed E-state index contributed by atoms with van der Waals surface area (Å²) in [6.07, 6.45) is 5.23. The van der Waals surface area contributed by atoms with Crippen LogP contribution in [0.4, 0.5) is 0 Å². The first-order valence-electron chi connectivity index (χ1n) is 9.01. The van der Waals surface area contributed by atoms with Gasteiger partial charge in [0, 0.05) is 24.8 Å². The molecule has 6 nitrogen and oxygen atoms in total. The molecule has 5 aromatic rings. The minimum Gasteiger partial charge on any atom is -0.294 e. The Hall–Kier alpha value is -3.80. The van der Waals surface area contributed by atoms with Crippen molar-refractivity contribution < 1.29 is 0 Å². The molecule has 0 aliphatic rings. The van der Waals surface area contributed by atoms with Gasteiger partial charge in [-0.1, -0.05) is 36.4 Å². The van der Waals surface area contributed by atoms with Crippen LogP contribution in [0.25, 0.3) is 33.1 Å². The van der Waals surface area contributed by atoms with E-state index in [1.54, 1.807) is 29.2 Å². The molecule has 0 aliphatic heterocycles. The number of nitrogens with zero attached hydrogens (tertiary/aromatic N) is 5. The van der Waals surface area contributed by atoms with Crippen molar-refractivity contribution in [1.29, 1.82) is 0 Å². The summed E-state index contributed by atoms with van der Waals surface area (Å²) in [5.41, 5.74) is 4.68. The lowest BCUT2D eigenvalue weighted by atomic mass is 10.0. The van der Waals surface area contributed by atoms with Crippen LogP contribution in [0.1, 0.15) is 5.56 Å². The van der Waals surface area contributed by atoms with E-state index in [9.17, 15) is 4.79 Å². The van der Waals surface area contributed by atoms with Crippen LogP contribution >= 0.6 is 0 Å². The van der Waals surface area contributed by atoms with Crippen molar-refractivity contribution in [2.45, 2.75) is 6.54 Å². The van der Waals surface area contributed by atoms with Gasteiger partial charge in [0.1, 0.15) is 6.33 Å². The number of fused-ring (bicyclic) bond motifs is 2. The quantitative estimate of drug-likeness (QED) is 0.490. The van der Waals surface area contributed by atoms with E-state index in [1.807, 2.05) is 42.2 Å². The number of hydrogen-bond donors (Lipinski definition) is 0. The summed E-state index contributed by atoms with van der Waals surface area (Å²) in [5.74, 6) is 0. The largest absolute Gasteiger partial charge is 0.294 e. The van der Waals surface area contributed by atoms with Gasteiger partial charge >= 0.3 is 0 Å². The maximum Gasteiger partial charge on any atom is 0.263 e. The second-order valence-electron chi connectivity index (χ2n) is 6.79. The Morgan fingerprint density at radius 1 is 0.929 bits per heavy atom. The minimum absolute atomic E-state index is 0.0812. The van der Waals surface area contributed by atoms with Crippen molar-refractivity contribution >= 4 is 21.9 Å². The topological polar surface area (TPSA) is 65.6 Å². The fraction of sp³-hybridized carbons (Fsp3) is 0.0909. The molecule has 3 heterocycles. The summed E-state index contributed by atoms with van der Waals surface area (Å²) >= 11 is 0. The van der Waals surface area contributed by atoms with Crippen LogP contribution in [-0.4, -0.2) is 24.3 Å². The van der Waals surface area contributed by atoms with E-state index >= 15 is 0 Å². The summed E-state index contributed by atoms with van der Waals surface area (Å²) < 4.78 is 3.44. The minimum atomic E-state index is -0.0812. The standard InChI is InChI=1S/C22H17N5O/c1-26-13-19-17(4-2-6-20(19)25-26)16-9-7-15(8-10-16)12-27-14-24-21-18(22(27)28)5-3-11-23-21/h2-11,13-14H,12H2,1H3. The molecule has 2 aromatic carbocycles. The van der Waals surface area contributed by atoms with Crippen LogP contribution in [0.3, 0.4) is 0 Å². The van der Waals surface area contributed by atoms with E-state index < -0.39 is 0 Å². The van der Waals surface area contributed by atoms with E-state index in [-0.39, 0.29) is 5.56 Å². The number of pyridine rings is 1. The molecule has 0 amide bonds. The molecule has 28 heavy (non-hydrogen) atoms. The Morgan fingerprint density at radius 3 is 2.64 bits per heavy atom. The molecule has 0 bridgehead atoms. The van der Waals surface area contributed by atoms with Crippen molar-refractivity contribution in [3.63, 3.8) is 0 Å². The Morgan fingerprint density at radius 2 is 1.79 bits per heavy atom. The summed E-state index contributed by atoms with van der Waals surface area (Å²) in [4.78, 5) is 21.1. The first-order valence-corrected chi connectivity index (χ1v) is 9.01. The van der Waals surface area contributed by atoms with Crippen LogP contribution in [0.2, 0.25) is 0 Å². The van der Waals surface area contributed by atoms with Crippen LogP contribution < -0.4 is 5.56 Å². The van der Waals surface area contributed by atoms with Gasteiger partial charge in [0.2, 0.25) is 0 Å². The average Bonchev–Trinajstić information content (AvgIpc) is 3.11. The smallest absolute Gasteiger partial charge is 0.263 e. The van der Waals surface area contributed by atoms with Crippen LogP contribution in [0.15, 0.2) is 78.1 Å². The van der Waals surface area contributed by atoms with Gasteiger partial charge in [0.15, 0.2) is 5.65 Å². The number of rotatable bonds is 3. The van der Waals surface area contributed by atoms with Gasteiger partial charge in [-0.15, -0.1) is 0 Å². The van der Waals surface area contributed by atoms with Gasteiger partial charge in [-0.2, -0.15) is 5.10 Å².